The Bertz CT molecular complexity index is 426. The van der Waals surface area contributed by atoms with Gasteiger partial charge < -0.3 is 11.1 Å². The first-order valence-corrected chi connectivity index (χ1v) is 5.93. The van der Waals surface area contributed by atoms with E-state index in [0.29, 0.717) is 12.5 Å². The van der Waals surface area contributed by atoms with Crippen molar-refractivity contribution in [3.8, 4) is 0 Å². The Balaban J connectivity index is 2.12. The highest BCUT2D eigenvalue weighted by molar-refractivity contribution is 5.67. The molecule has 94 valence electrons. The highest BCUT2D eigenvalue weighted by Crippen LogP contribution is 2.51. The number of halogens is 2. The van der Waals surface area contributed by atoms with Crippen LogP contribution in [0.1, 0.15) is 26.7 Å². The van der Waals surface area contributed by atoms with Gasteiger partial charge in [-0.25, -0.2) is 8.78 Å². The van der Waals surface area contributed by atoms with Gasteiger partial charge in [-0.2, -0.15) is 0 Å². The van der Waals surface area contributed by atoms with E-state index in [2.05, 4.69) is 19.2 Å². The average molecular weight is 240 g/mol. The molecular formula is C13H18F2N2. The van der Waals surface area contributed by atoms with E-state index < -0.39 is 11.6 Å². The van der Waals surface area contributed by atoms with Crippen molar-refractivity contribution < 1.29 is 8.78 Å². The Morgan fingerprint density at radius 1 is 1.35 bits per heavy atom. The lowest BCUT2D eigenvalue weighted by atomic mass is 9.92. The smallest absolute Gasteiger partial charge is 0.183 e. The molecule has 0 amide bonds. The van der Waals surface area contributed by atoms with Gasteiger partial charge in [-0.05, 0) is 36.3 Å². The van der Waals surface area contributed by atoms with Gasteiger partial charge in [0.15, 0.2) is 11.6 Å². The van der Waals surface area contributed by atoms with Crippen molar-refractivity contribution in [2.24, 2.45) is 11.3 Å². The summed E-state index contributed by atoms with van der Waals surface area (Å²) in [5, 5.41) is 2.97. The van der Waals surface area contributed by atoms with Crippen LogP contribution in [0.3, 0.4) is 0 Å². The topological polar surface area (TPSA) is 38.0 Å². The fourth-order valence-electron chi connectivity index (χ4n) is 2.13. The highest BCUT2D eigenvalue weighted by Gasteiger charge is 2.45. The van der Waals surface area contributed by atoms with Crippen LogP contribution in [0.4, 0.5) is 20.2 Å². The molecule has 1 aromatic carbocycles. The second kappa shape index (κ2) is 4.17. The number of rotatable bonds is 4. The average Bonchev–Trinajstić information content (AvgIpc) is 3.05. The van der Waals surface area contributed by atoms with E-state index in [1.54, 1.807) is 0 Å². The predicted molar refractivity (Wildman–Crippen MR) is 65.8 cm³/mol. The van der Waals surface area contributed by atoms with Crippen LogP contribution in [0.5, 0.6) is 0 Å². The standard InChI is InChI=1S/C13H18F2N2/c1-8(2)13(5-6-13)7-17-12-10(16)4-3-9(14)11(12)15/h3-4,8,17H,5-7,16H2,1-2H3. The first-order valence-electron chi connectivity index (χ1n) is 5.93. The van der Waals surface area contributed by atoms with E-state index in [4.69, 9.17) is 5.73 Å². The summed E-state index contributed by atoms with van der Waals surface area (Å²) < 4.78 is 26.6. The molecule has 17 heavy (non-hydrogen) atoms. The quantitative estimate of drug-likeness (QED) is 0.792. The Labute approximate surface area is 100 Å². The summed E-state index contributed by atoms with van der Waals surface area (Å²) in [6, 6.07) is 2.43. The number of hydrogen-bond donors (Lipinski definition) is 2. The molecule has 3 N–H and O–H groups in total. The van der Waals surface area contributed by atoms with Gasteiger partial charge in [-0.1, -0.05) is 13.8 Å². The first-order chi connectivity index (χ1) is 7.96. The fraction of sp³-hybridized carbons (Fsp3) is 0.538. The highest BCUT2D eigenvalue weighted by atomic mass is 19.2. The zero-order valence-electron chi connectivity index (χ0n) is 10.2. The summed E-state index contributed by atoms with van der Waals surface area (Å²) in [5.74, 6) is -1.21. The van der Waals surface area contributed by atoms with Gasteiger partial charge >= 0.3 is 0 Å². The van der Waals surface area contributed by atoms with Crippen LogP contribution in [0.15, 0.2) is 12.1 Å². The Morgan fingerprint density at radius 3 is 2.53 bits per heavy atom. The molecule has 0 aliphatic heterocycles. The molecule has 0 spiro atoms. The number of nitrogen functional groups attached to an aromatic ring is 1. The molecular weight excluding hydrogens is 222 g/mol. The zero-order valence-corrected chi connectivity index (χ0v) is 10.2. The van der Waals surface area contributed by atoms with Gasteiger partial charge in [-0.3, -0.25) is 0 Å². The molecule has 0 radical (unpaired) electrons. The van der Waals surface area contributed by atoms with Gasteiger partial charge in [0, 0.05) is 6.54 Å². The summed E-state index contributed by atoms with van der Waals surface area (Å²) in [6.45, 7) is 4.95. The second-order valence-corrected chi connectivity index (χ2v) is 5.20. The van der Waals surface area contributed by atoms with Gasteiger partial charge in [0.25, 0.3) is 0 Å². The van der Waals surface area contributed by atoms with E-state index in [0.717, 1.165) is 18.9 Å². The molecule has 1 aliphatic carbocycles. The zero-order chi connectivity index (χ0) is 12.6. The van der Waals surface area contributed by atoms with Crippen molar-refractivity contribution >= 4 is 11.4 Å². The molecule has 2 nitrogen and oxygen atoms in total. The van der Waals surface area contributed by atoms with Gasteiger partial charge in [0.2, 0.25) is 0 Å². The lowest BCUT2D eigenvalue weighted by molar-refractivity contribution is 0.379. The van der Waals surface area contributed by atoms with Crippen molar-refractivity contribution in [2.45, 2.75) is 26.7 Å². The van der Waals surface area contributed by atoms with E-state index in [9.17, 15) is 8.78 Å². The van der Waals surface area contributed by atoms with Crippen LogP contribution in [0.25, 0.3) is 0 Å². The van der Waals surface area contributed by atoms with Crippen LogP contribution >= 0.6 is 0 Å². The van der Waals surface area contributed by atoms with E-state index >= 15 is 0 Å². The molecule has 0 heterocycles. The molecule has 0 bridgehead atoms. The van der Waals surface area contributed by atoms with Crippen LogP contribution in [-0.4, -0.2) is 6.54 Å². The Morgan fingerprint density at radius 2 is 2.00 bits per heavy atom. The minimum Gasteiger partial charge on any atom is -0.397 e. The molecule has 4 heteroatoms. The third kappa shape index (κ3) is 2.21. The maximum Gasteiger partial charge on any atom is 0.183 e. The van der Waals surface area contributed by atoms with Crippen molar-refractivity contribution in [1.29, 1.82) is 0 Å². The SMILES string of the molecule is CC(C)C1(CNc2c(N)ccc(F)c2F)CC1. The van der Waals surface area contributed by atoms with Crippen LogP contribution in [0, 0.1) is 23.0 Å². The van der Waals surface area contributed by atoms with Crippen LogP contribution < -0.4 is 11.1 Å². The molecule has 0 saturated heterocycles. The minimum absolute atomic E-state index is 0.0944. The molecule has 0 atom stereocenters. The lowest BCUT2D eigenvalue weighted by Gasteiger charge is -2.21. The van der Waals surface area contributed by atoms with Crippen molar-refractivity contribution in [2.75, 3.05) is 17.6 Å². The molecule has 1 saturated carbocycles. The molecule has 2 rings (SSSR count). The molecule has 0 unspecified atom stereocenters. The first kappa shape index (κ1) is 12.1. The molecule has 1 fully saturated rings. The van der Waals surface area contributed by atoms with Crippen LogP contribution in [-0.2, 0) is 0 Å². The molecule has 1 aliphatic rings. The number of nitrogens with two attached hydrogens (primary N) is 1. The number of nitrogens with one attached hydrogen (secondary N) is 1. The third-order valence-corrected chi connectivity index (χ3v) is 3.86. The number of benzene rings is 1. The van der Waals surface area contributed by atoms with Crippen LogP contribution in [0.2, 0.25) is 0 Å². The van der Waals surface area contributed by atoms with Gasteiger partial charge in [0.05, 0.1) is 11.4 Å². The predicted octanol–water partition coefficient (Wildman–Crippen LogP) is 3.40. The maximum absolute atomic E-state index is 13.5. The minimum atomic E-state index is -0.885. The Hall–Kier alpha value is -1.32. The second-order valence-electron chi connectivity index (χ2n) is 5.20. The maximum atomic E-state index is 13.5. The molecule has 1 aromatic rings. The van der Waals surface area contributed by atoms with E-state index in [1.807, 2.05) is 0 Å². The lowest BCUT2D eigenvalue weighted by Crippen LogP contribution is -2.22. The van der Waals surface area contributed by atoms with E-state index in [-0.39, 0.29) is 16.8 Å². The van der Waals surface area contributed by atoms with Crippen molar-refractivity contribution in [3.63, 3.8) is 0 Å². The molecule has 0 aromatic heterocycles. The summed E-state index contributed by atoms with van der Waals surface area (Å²) in [5.41, 5.74) is 6.22. The summed E-state index contributed by atoms with van der Waals surface area (Å²) >= 11 is 0. The summed E-state index contributed by atoms with van der Waals surface area (Å²) in [6.07, 6.45) is 2.27. The fourth-order valence-corrected chi connectivity index (χ4v) is 2.13. The summed E-state index contributed by atoms with van der Waals surface area (Å²) in [4.78, 5) is 0. The largest absolute Gasteiger partial charge is 0.397 e. The van der Waals surface area contributed by atoms with Gasteiger partial charge in [-0.15, -0.1) is 0 Å². The summed E-state index contributed by atoms with van der Waals surface area (Å²) in [7, 11) is 0. The monoisotopic (exact) mass is 240 g/mol. The van der Waals surface area contributed by atoms with E-state index in [1.165, 1.54) is 6.07 Å². The number of hydrogen-bond acceptors (Lipinski definition) is 2. The normalized spacial score (nSPS) is 17.2. The third-order valence-electron chi connectivity index (χ3n) is 3.86. The Kier molecular flexibility index (Phi) is 2.98. The number of anilines is 2. The van der Waals surface area contributed by atoms with Crippen molar-refractivity contribution in [1.82, 2.24) is 0 Å². The van der Waals surface area contributed by atoms with Gasteiger partial charge in [0.1, 0.15) is 0 Å². The van der Waals surface area contributed by atoms with Crippen molar-refractivity contribution in [3.05, 3.63) is 23.8 Å².